The number of rotatable bonds is 5. The Morgan fingerprint density at radius 3 is 2.50 bits per heavy atom. The van der Waals surface area contributed by atoms with Crippen LogP contribution < -0.4 is 10.2 Å². The number of hydrogen-bond donors (Lipinski definition) is 2. The molecule has 110 valence electrons. The molecule has 1 aromatic rings. The van der Waals surface area contributed by atoms with Crippen LogP contribution in [-0.2, 0) is 11.3 Å². The smallest absolute Gasteiger partial charge is 0.227 e. The molecule has 1 aliphatic rings. The molecule has 1 aliphatic heterocycles. The fourth-order valence-electron chi connectivity index (χ4n) is 2.24. The lowest BCUT2D eigenvalue weighted by Crippen LogP contribution is -2.44. The van der Waals surface area contributed by atoms with E-state index in [0.717, 1.165) is 24.2 Å². The first kappa shape index (κ1) is 15.0. The van der Waals surface area contributed by atoms with Gasteiger partial charge in [0.1, 0.15) is 0 Å². The first-order chi connectivity index (χ1) is 9.38. The second-order valence-electron chi connectivity index (χ2n) is 6.07. The molecule has 0 aromatic heterocycles. The summed E-state index contributed by atoms with van der Waals surface area (Å²) in [5.41, 5.74) is 1.39. The zero-order chi connectivity index (χ0) is 14.8. The Balaban J connectivity index is 1.93. The zero-order valence-electron chi connectivity index (χ0n) is 12.5. The van der Waals surface area contributed by atoms with E-state index in [2.05, 4.69) is 5.32 Å². The molecule has 2 N–H and O–H groups in total. The summed E-state index contributed by atoms with van der Waals surface area (Å²) in [5.74, 6) is 0.214. The van der Waals surface area contributed by atoms with Gasteiger partial charge in [-0.15, -0.1) is 0 Å². The lowest BCUT2D eigenvalue weighted by molar-refractivity contribution is -0.117. The van der Waals surface area contributed by atoms with Crippen molar-refractivity contribution in [3.8, 4) is 0 Å². The van der Waals surface area contributed by atoms with Crippen LogP contribution in [0.5, 0.6) is 0 Å². The Hall–Kier alpha value is -1.39. The normalized spacial score (nSPS) is 17.6. The maximum Gasteiger partial charge on any atom is 0.227 e. The highest BCUT2D eigenvalue weighted by molar-refractivity contribution is 5.95. The molecule has 20 heavy (non-hydrogen) atoms. The average Bonchev–Trinajstić information content (AvgIpc) is 2.82. The molecule has 1 unspecified atom stereocenters. The highest BCUT2D eigenvalue weighted by Crippen LogP contribution is 2.21. The number of amides is 1. The minimum Gasteiger partial charge on any atom is -0.389 e. The standard InChI is InChI=1S/C16H24N2O2/c1-12(16(2,3)20)17-11-13-6-8-14(9-7-13)18-10-4-5-15(18)19/h6-9,12,17,20H,4-5,10-11H2,1-3H3. The monoisotopic (exact) mass is 276 g/mol. The van der Waals surface area contributed by atoms with Gasteiger partial charge in [-0.05, 0) is 44.9 Å². The lowest BCUT2D eigenvalue weighted by Gasteiger charge is -2.27. The fraction of sp³-hybridized carbons (Fsp3) is 0.562. The Bertz CT molecular complexity index is 462. The molecule has 1 fully saturated rings. The summed E-state index contributed by atoms with van der Waals surface area (Å²) in [6, 6.07) is 8.07. The van der Waals surface area contributed by atoms with Crippen molar-refractivity contribution in [1.29, 1.82) is 0 Å². The number of nitrogens with one attached hydrogen (secondary N) is 1. The van der Waals surface area contributed by atoms with Gasteiger partial charge in [0.2, 0.25) is 5.91 Å². The second kappa shape index (κ2) is 5.94. The van der Waals surface area contributed by atoms with Crippen LogP contribution in [0.25, 0.3) is 0 Å². The average molecular weight is 276 g/mol. The number of aliphatic hydroxyl groups is 1. The number of carbonyl (C=O) groups is 1. The van der Waals surface area contributed by atoms with Crippen LogP contribution in [0.3, 0.4) is 0 Å². The lowest BCUT2D eigenvalue weighted by atomic mass is 10.0. The maximum absolute atomic E-state index is 11.7. The summed E-state index contributed by atoms with van der Waals surface area (Å²) in [5, 5.41) is 13.2. The highest BCUT2D eigenvalue weighted by Gasteiger charge is 2.22. The van der Waals surface area contributed by atoms with Gasteiger partial charge in [0.25, 0.3) is 0 Å². The van der Waals surface area contributed by atoms with Crippen molar-refractivity contribution in [3.63, 3.8) is 0 Å². The number of benzene rings is 1. The Kier molecular flexibility index (Phi) is 4.45. The van der Waals surface area contributed by atoms with Gasteiger partial charge in [-0.1, -0.05) is 12.1 Å². The number of hydrogen-bond acceptors (Lipinski definition) is 3. The van der Waals surface area contributed by atoms with Crippen molar-refractivity contribution in [1.82, 2.24) is 5.32 Å². The van der Waals surface area contributed by atoms with Gasteiger partial charge in [0, 0.05) is 31.2 Å². The summed E-state index contributed by atoms with van der Waals surface area (Å²) < 4.78 is 0. The summed E-state index contributed by atoms with van der Waals surface area (Å²) in [6.07, 6.45) is 1.61. The van der Waals surface area contributed by atoms with E-state index < -0.39 is 5.60 Å². The van der Waals surface area contributed by atoms with Crippen molar-refractivity contribution >= 4 is 11.6 Å². The van der Waals surface area contributed by atoms with Crippen molar-refractivity contribution in [2.75, 3.05) is 11.4 Å². The van der Waals surface area contributed by atoms with Gasteiger partial charge in [-0.2, -0.15) is 0 Å². The third-order valence-electron chi connectivity index (χ3n) is 3.99. The molecule has 0 aliphatic carbocycles. The van der Waals surface area contributed by atoms with Gasteiger partial charge in [0.15, 0.2) is 0 Å². The molecular weight excluding hydrogens is 252 g/mol. The third kappa shape index (κ3) is 3.58. The molecule has 0 bridgehead atoms. The molecule has 0 radical (unpaired) electrons. The molecule has 0 spiro atoms. The van der Waals surface area contributed by atoms with E-state index in [4.69, 9.17) is 0 Å². The minimum absolute atomic E-state index is 0.0161. The Labute approximate surface area is 120 Å². The maximum atomic E-state index is 11.7. The quantitative estimate of drug-likeness (QED) is 0.865. The van der Waals surface area contributed by atoms with Crippen LogP contribution in [0.2, 0.25) is 0 Å². The van der Waals surface area contributed by atoms with E-state index in [9.17, 15) is 9.90 Å². The molecule has 1 atom stereocenters. The van der Waals surface area contributed by atoms with E-state index >= 15 is 0 Å². The third-order valence-corrected chi connectivity index (χ3v) is 3.99. The first-order valence-corrected chi connectivity index (χ1v) is 7.23. The number of anilines is 1. The molecule has 1 amide bonds. The fourth-order valence-corrected chi connectivity index (χ4v) is 2.24. The van der Waals surface area contributed by atoms with Gasteiger partial charge in [-0.3, -0.25) is 4.79 Å². The summed E-state index contributed by atoms with van der Waals surface area (Å²) >= 11 is 0. The largest absolute Gasteiger partial charge is 0.389 e. The van der Waals surface area contributed by atoms with Crippen LogP contribution in [0.1, 0.15) is 39.2 Å². The van der Waals surface area contributed by atoms with E-state index in [1.54, 1.807) is 13.8 Å². The van der Waals surface area contributed by atoms with E-state index in [-0.39, 0.29) is 11.9 Å². The summed E-state index contributed by atoms with van der Waals surface area (Å²) in [7, 11) is 0. The van der Waals surface area contributed by atoms with E-state index in [1.165, 1.54) is 0 Å². The topological polar surface area (TPSA) is 52.6 Å². The SMILES string of the molecule is CC(NCc1ccc(N2CCCC2=O)cc1)C(C)(C)O. The van der Waals surface area contributed by atoms with Crippen LogP contribution >= 0.6 is 0 Å². The Morgan fingerprint density at radius 1 is 1.35 bits per heavy atom. The van der Waals surface area contributed by atoms with Crippen LogP contribution in [-0.4, -0.2) is 29.2 Å². The van der Waals surface area contributed by atoms with Gasteiger partial charge in [-0.25, -0.2) is 0 Å². The molecule has 1 aromatic carbocycles. The summed E-state index contributed by atoms with van der Waals surface area (Å²) in [4.78, 5) is 13.5. The van der Waals surface area contributed by atoms with Crippen molar-refractivity contribution in [2.24, 2.45) is 0 Å². The zero-order valence-corrected chi connectivity index (χ0v) is 12.5. The molecular formula is C16H24N2O2. The van der Waals surface area contributed by atoms with Crippen molar-refractivity contribution in [3.05, 3.63) is 29.8 Å². The van der Waals surface area contributed by atoms with E-state index in [1.807, 2.05) is 36.1 Å². The molecule has 4 nitrogen and oxygen atoms in total. The minimum atomic E-state index is -0.734. The van der Waals surface area contributed by atoms with Crippen LogP contribution in [0, 0.1) is 0 Å². The molecule has 4 heteroatoms. The number of carbonyl (C=O) groups excluding carboxylic acids is 1. The highest BCUT2D eigenvalue weighted by atomic mass is 16.3. The second-order valence-corrected chi connectivity index (χ2v) is 6.07. The summed E-state index contributed by atoms with van der Waals surface area (Å²) in [6.45, 7) is 7.10. The predicted octanol–water partition coefficient (Wildman–Crippen LogP) is 2.06. The van der Waals surface area contributed by atoms with Crippen molar-refractivity contribution in [2.45, 2.75) is 51.8 Å². The van der Waals surface area contributed by atoms with E-state index in [0.29, 0.717) is 13.0 Å². The van der Waals surface area contributed by atoms with Crippen LogP contribution in [0.4, 0.5) is 5.69 Å². The first-order valence-electron chi connectivity index (χ1n) is 7.23. The molecule has 2 rings (SSSR count). The van der Waals surface area contributed by atoms with Crippen molar-refractivity contribution < 1.29 is 9.90 Å². The molecule has 0 saturated carbocycles. The molecule has 1 saturated heterocycles. The van der Waals surface area contributed by atoms with Gasteiger partial charge < -0.3 is 15.3 Å². The van der Waals surface area contributed by atoms with Gasteiger partial charge in [0.05, 0.1) is 5.60 Å². The van der Waals surface area contributed by atoms with Gasteiger partial charge >= 0.3 is 0 Å². The molecule has 1 heterocycles. The predicted molar refractivity (Wildman–Crippen MR) is 80.6 cm³/mol. The number of nitrogens with zero attached hydrogens (tertiary/aromatic N) is 1. The Morgan fingerprint density at radius 2 is 2.00 bits per heavy atom. The van der Waals surface area contributed by atoms with Crippen LogP contribution in [0.15, 0.2) is 24.3 Å².